The van der Waals surface area contributed by atoms with E-state index in [-0.39, 0.29) is 29.0 Å². The van der Waals surface area contributed by atoms with Gasteiger partial charge in [0.2, 0.25) is 0 Å². The highest BCUT2D eigenvalue weighted by Gasteiger charge is 2.35. The Morgan fingerprint density at radius 3 is 1.56 bits per heavy atom. The van der Waals surface area contributed by atoms with Crippen LogP contribution in [0.4, 0.5) is 8.78 Å². The molecule has 6 heteroatoms. The van der Waals surface area contributed by atoms with Crippen LogP contribution in [-0.2, 0) is 0 Å². The van der Waals surface area contributed by atoms with E-state index in [0.717, 1.165) is 0 Å². The zero-order valence-electron chi connectivity index (χ0n) is 13.7. The third-order valence-corrected chi connectivity index (χ3v) is 5.44. The molecule has 130 valence electrons. The maximum Gasteiger partial charge on any atom is 0.172 e. The molecule has 4 nitrogen and oxygen atoms in total. The Balaban J connectivity index is 2.03. The topological polar surface area (TPSA) is 65.7 Å². The molecule has 0 radical (unpaired) electrons. The van der Waals surface area contributed by atoms with Gasteiger partial charge in [0.15, 0.2) is 11.6 Å². The predicted molar refractivity (Wildman–Crippen MR) is 98.4 cm³/mol. The van der Waals surface area contributed by atoms with Crippen LogP contribution in [0.2, 0.25) is 0 Å². The number of aromatic nitrogens is 2. The van der Waals surface area contributed by atoms with Gasteiger partial charge in [-0.05, 0) is 12.1 Å². The first-order valence-electron chi connectivity index (χ1n) is 8.48. The molecule has 0 saturated heterocycles. The number of carbonyl (C=O) groups excluding carboxylic acids is 2. The average Bonchev–Trinajstić information content (AvgIpc) is 3.28. The maximum absolute atomic E-state index is 14.4. The van der Waals surface area contributed by atoms with E-state index >= 15 is 0 Å². The van der Waals surface area contributed by atoms with Gasteiger partial charge in [0.05, 0.1) is 28.5 Å². The Bertz CT molecular complexity index is 1390. The van der Waals surface area contributed by atoms with Crippen molar-refractivity contribution >= 4 is 55.2 Å². The molecule has 0 spiro atoms. The summed E-state index contributed by atoms with van der Waals surface area (Å²) in [5.41, 5.74) is 2.11. The first-order valence-corrected chi connectivity index (χ1v) is 8.48. The number of rotatable bonds is 0. The molecule has 2 aromatic heterocycles. The fraction of sp³-hybridized carbons (Fsp3) is 0.0476. The highest BCUT2D eigenvalue weighted by Crippen LogP contribution is 2.44. The normalized spacial score (nSPS) is 14.3. The highest BCUT2D eigenvalue weighted by molar-refractivity contribution is 6.40. The van der Waals surface area contributed by atoms with Crippen LogP contribution in [-0.4, -0.2) is 21.5 Å². The van der Waals surface area contributed by atoms with Gasteiger partial charge in [0.25, 0.3) is 0 Å². The summed E-state index contributed by atoms with van der Waals surface area (Å²) in [4.78, 5) is 31.4. The lowest BCUT2D eigenvalue weighted by Gasteiger charge is -2.04. The van der Waals surface area contributed by atoms with Gasteiger partial charge in [0, 0.05) is 32.7 Å². The van der Waals surface area contributed by atoms with Crippen LogP contribution >= 0.6 is 0 Å². The van der Waals surface area contributed by atoms with E-state index in [1.807, 2.05) is 0 Å². The second-order valence-electron chi connectivity index (χ2n) is 6.85. The molecule has 1 aliphatic rings. The lowest BCUT2D eigenvalue weighted by Crippen LogP contribution is -1.94. The number of benzene rings is 3. The summed E-state index contributed by atoms with van der Waals surface area (Å²) < 4.78 is 28.7. The van der Waals surface area contributed by atoms with Crippen LogP contribution in [0, 0.1) is 11.6 Å². The molecule has 0 unspecified atom stereocenters. The van der Waals surface area contributed by atoms with Gasteiger partial charge in [-0.15, -0.1) is 0 Å². The van der Waals surface area contributed by atoms with E-state index in [4.69, 9.17) is 0 Å². The number of hydrogen-bond donors (Lipinski definition) is 2. The van der Waals surface area contributed by atoms with Crippen molar-refractivity contribution in [3.63, 3.8) is 0 Å². The van der Waals surface area contributed by atoms with Crippen molar-refractivity contribution in [3.8, 4) is 0 Å². The number of para-hydroxylation sites is 2. The summed E-state index contributed by atoms with van der Waals surface area (Å²) in [5.74, 6) is -1.50. The van der Waals surface area contributed by atoms with Crippen molar-refractivity contribution in [3.05, 3.63) is 59.2 Å². The number of halogens is 2. The number of carbonyl (C=O) groups is 2. The van der Waals surface area contributed by atoms with Gasteiger partial charge in [-0.2, -0.15) is 0 Å². The largest absolute Gasteiger partial charge is 0.350 e. The fourth-order valence-electron chi connectivity index (χ4n) is 4.39. The van der Waals surface area contributed by atoms with Gasteiger partial charge in [-0.25, -0.2) is 8.78 Å². The lowest BCUT2D eigenvalue weighted by atomic mass is 9.97. The minimum atomic E-state index is -0.454. The Morgan fingerprint density at radius 2 is 1.11 bits per heavy atom. The third-order valence-electron chi connectivity index (χ3n) is 5.44. The zero-order chi connectivity index (χ0) is 18.4. The van der Waals surface area contributed by atoms with E-state index in [1.165, 1.54) is 12.1 Å². The molecule has 2 heterocycles. The van der Waals surface area contributed by atoms with Crippen molar-refractivity contribution in [1.82, 2.24) is 9.97 Å². The standard InChI is InChI=1S/C21H10F2N2O2/c22-10-5-1-3-8-14-16-12(26)7-13(27)17(16)15-9-4-2-6-11(23)19(9)25-21(15)20(14)24-18(8)10/h1-6,24-25H,7H2. The quantitative estimate of drug-likeness (QED) is 0.382. The number of Topliss-reactive ketones (excluding diaryl/α,β-unsaturated/α-hetero) is 2. The molecule has 5 aromatic rings. The van der Waals surface area contributed by atoms with E-state index in [2.05, 4.69) is 9.97 Å². The number of nitrogens with one attached hydrogen (secondary N) is 2. The molecule has 0 amide bonds. The van der Waals surface area contributed by atoms with Crippen molar-refractivity contribution < 1.29 is 18.4 Å². The SMILES string of the molecule is O=C1CC(=O)c2c1c1c3cccc(F)c3[nH]c1c1[nH]c3c(F)cccc3c21. The van der Waals surface area contributed by atoms with E-state index in [1.54, 1.807) is 24.3 Å². The molecule has 3 aromatic carbocycles. The molecular weight excluding hydrogens is 350 g/mol. The van der Waals surface area contributed by atoms with Crippen molar-refractivity contribution in [1.29, 1.82) is 0 Å². The summed E-state index contributed by atoms with van der Waals surface area (Å²) >= 11 is 0. The zero-order valence-corrected chi connectivity index (χ0v) is 13.7. The summed E-state index contributed by atoms with van der Waals surface area (Å²) in [6, 6.07) is 9.20. The molecule has 0 aliphatic heterocycles. The van der Waals surface area contributed by atoms with Crippen LogP contribution in [0.15, 0.2) is 36.4 Å². The first-order chi connectivity index (χ1) is 13.1. The van der Waals surface area contributed by atoms with Crippen LogP contribution in [0.25, 0.3) is 43.6 Å². The average molecular weight is 360 g/mol. The molecule has 2 N–H and O–H groups in total. The first kappa shape index (κ1) is 14.6. The highest BCUT2D eigenvalue weighted by atomic mass is 19.1. The molecule has 6 rings (SSSR count). The van der Waals surface area contributed by atoms with Crippen molar-refractivity contribution in [2.75, 3.05) is 0 Å². The number of H-pyrrole nitrogens is 2. The van der Waals surface area contributed by atoms with Crippen LogP contribution in [0.1, 0.15) is 27.1 Å². The molecular formula is C21H10F2N2O2. The minimum absolute atomic E-state index is 0.229. The Labute approximate surface area is 149 Å². The summed E-state index contributed by atoms with van der Waals surface area (Å²) in [6.45, 7) is 0. The lowest BCUT2D eigenvalue weighted by molar-refractivity contribution is 0.0924. The van der Waals surface area contributed by atoms with Gasteiger partial charge in [-0.1, -0.05) is 24.3 Å². The van der Waals surface area contributed by atoms with E-state index in [9.17, 15) is 18.4 Å². The number of hydrogen-bond acceptors (Lipinski definition) is 2. The number of aromatic amines is 2. The van der Waals surface area contributed by atoms with Crippen molar-refractivity contribution in [2.45, 2.75) is 6.42 Å². The summed E-state index contributed by atoms with van der Waals surface area (Å²) in [6.07, 6.45) is -0.229. The second-order valence-corrected chi connectivity index (χ2v) is 6.85. The Hall–Kier alpha value is -3.54. The van der Waals surface area contributed by atoms with E-state index < -0.39 is 11.6 Å². The molecule has 27 heavy (non-hydrogen) atoms. The minimum Gasteiger partial charge on any atom is -0.350 e. The van der Waals surface area contributed by atoms with Crippen LogP contribution in [0.3, 0.4) is 0 Å². The van der Waals surface area contributed by atoms with Crippen molar-refractivity contribution in [2.24, 2.45) is 0 Å². The van der Waals surface area contributed by atoms with Crippen LogP contribution < -0.4 is 0 Å². The van der Waals surface area contributed by atoms with Gasteiger partial charge in [0.1, 0.15) is 11.6 Å². The van der Waals surface area contributed by atoms with E-state index in [0.29, 0.717) is 43.7 Å². The molecule has 1 aliphatic carbocycles. The molecule has 0 atom stereocenters. The summed E-state index contributed by atoms with van der Waals surface area (Å²) in [7, 11) is 0. The monoisotopic (exact) mass is 360 g/mol. The maximum atomic E-state index is 14.4. The second kappa shape index (κ2) is 4.59. The summed E-state index contributed by atoms with van der Waals surface area (Å²) in [5, 5.41) is 2.08. The van der Waals surface area contributed by atoms with Gasteiger partial charge in [-0.3, -0.25) is 9.59 Å². The molecule has 0 saturated carbocycles. The van der Waals surface area contributed by atoms with Gasteiger partial charge < -0.3 is 9.97 Å². The number of ketones is 2. The molecule has 0 fully saturated rings. The number of fused-ring (bicyclic) bond motifs is 10. The van der Waals surface area contributed by atoms with Gasteiger partial charge >= 0.3 is 0 Å². The smallest absolute Gasteiger partial charge is 0.172 e. The Morgan fingerprint density at radius 1 is 0.667 bits per heavy atom. The fourth-order valence-corrected chi connectivity index (χ4v) is 4.39. The third kappa shape index (κ3) is 1.61. The predicted octanol–water partition coefficient (Wildman–Crippen LogP) is 5.00. The molecule has 0 bridgehead atoms. The van der Waals surface area contributed by atoms with Crippen LogP contribution in [0.5, 0.6) is 0 Å². The Kier molecular flexibility index (Phi) is 2.49.